The van der Waals surface area contributed by atoms with Crippen molar-refractivity contribution >= 4 is 34.4 Å². The molecule has 2 rings (SSSR count). The second-order valence-corrected chi connectivity index (χ2v) is 6.17. The Labute approximate surface area is 145 Å². The van der Waals surface area contributed by atoms with E-state index in [9.17, 15) is 9.59 Å². The number of aryl methyl sites for hydroxylation is 2. The molecule has 0 bridgehead atoms. The van der Waals surface area contributed by atoms with Gasteiger partial charge in [0.15, 0.2) is 5.13 Å². The molecule has 24 heavy (non-hydrogen) atoms. The molecule has 0 aliphatic carbocycles. The van der Waals surface area contributed by atoms with Gasteiger partial charge in [-0.05, 0) is 38.0 Å². The highest BCUT2D eigenvalue weighted by Crippen LogP contribution is 2.17. The summed E-state index contributed by atoms with van der Waals surface area (Å²) in [5.74, 6) is -0.581. The number of hydrogen-bond donors (Lipinski definition) is 1. The maximum Gasteiger partial charge on any atom is 0.311 e. The van der Waals surface area contributed by atoms with E-state index in [0.717, 1.165) is 11.1 Å². The van der Waals surface area contributed by atoms with Gasteiger partial charge in [0.25, 0.3) is 0 Å². The summed E-state index contributed by atoms with van der Waals surface area (Å²) in [5.41, 5.74) is 3.89. The number of hydrogen-bond acceptors (Lipinski definition) is 5. The summed E-state index contributed by atoms with van der Waals surface area (Å²) in [6, 6.07) is 6.06. The van der Waals surface area contributed by atoms with Crippen LogP contribution in [0.4, 0.5) is 5.13 Å². The van der Waals surface area contributed by atoms with Gasteiger partial charge in [0.2, 0.25) is 5.91 Å². The van der Waals surface area contributed by atoms with Gasteiger partial charge in [0, 0.05) is 11.5 Å². The van der Waals surface area contributed by atoms with E-state index in [1.165, 1.54) is 23.0 Å². The van der Waals surface area contributed by atoms with Crippen molar-refractivity contribution < 1.29 is 14.3 Å². The van der Waals surface area contributed by atoms with Crippen LogP contribution in [-0.4, -0.2) is 23.5 Å². The molecule has 0 spiro atoms. The lowest BCUT2D eigenvalue weighted by atomic mass is 10.1. The highest BCUT2D eigenvalue weighted by atomic mass is 32.1. The van der Waals surface area contributed by atoms with Crippen LogP contribution in [0.25, 0.3) is 6.08 Å². The van der Waals surface area contributed by atoms with Crippen LogP contribution in [-0.2, 0) is 20.7 Å². The van der Waals surface area contributed by atoms with Crippen molar-refractivity contribution in [3.05, 3.63) is 52.0 Å². The Balaban J connectivity index is 1.94. The minimum Gasteiger partial charge on any atom is -0.466 e. The largest absolute Gasteiger partial charge is 0.466 e. The number of nitrogens with one attached hydrogen (secondary N) is 1. The molecule has 0 radical (unpaired) electrons. The molecule has 1 amide bonds. The van der Waals surface area contributed by atoms with Gasteiger partial charge in [-0.25, -0.2) is 4.98 Å². The first-order valence-corrected chi connectivity index (χ1v) is 8.52. The summed E-state index contributed by atoms with van der Waals surface area (Å²) in [6.07, 6.45) is 3.36. The lowest BCUT2D eigenvalue weighted by molar-refractivity contribution is -0.142. The molecule has 0 atom stereocenters. The van der Waals surface area contributed by atoms with E-state index in [0.29, 0.717) is 17.4 Å². The molecular weight excluding hydrogens is 324 g/mol. The summed E-state index contributed by atoms with van der Waals surface area (Å²) in [4.78, 5) is 27.6. The summed E-state index contributed by atoms with van der Waals surface area (Å²) >= 11 is 1.28. The monoisotopic (exact) mass is 344 g/mol. The summed E-state index contributed by atoms with van der Waals surface area (Å²) in [6.45, 7) is 6.14. The first-order valence-electron chi connectivity index (χ1n) is 7.64. The fraction of sp³-hybridized carbons (Fsp3) is 0.278. The second kappa shape index (κ2) is 8.40. The van der Waals surface area contributed by atoms with Crippen LogP contribution in [0.1, 0.15) is 29.3 Å². The fourth-order valence-electron chi connectivity index (χ4n) is 2.13. The Kier molecular flexibility index (Phi) is 6.26. The summed E-state index contributed by atoms with van der Waals surface area (Å²) < 4.78 is 4.87. The molecule has 126 valence electrons. The number of benzene rings is 1. The molecule has 1 N–H and O–H groups in total. The number of nitrogens with zero attached hydrogens (tertiary/aromatic N) is 1. The van der Waals surface area contributed by atoms with Crippen LogP contribution in [0.15, 0.2) is 29.7 Å². The van der Waals surface area contributed by atoms with Crippen molar-refractivity contribution in [1.29, 1.82) is 0 Å². The van der Waals surface area contributed by atoms with E-state index in [1.807, 2.05) is 26.0 Å². The molecule has 0 aliphatic heterocycles. The maximum atomic E-state index is 12.0. The van der Waals surface area contributed by atoms with Crippen molar-refractivity contribution in [3.63, 3.8) is 0 Å². The van der Waals surface area contributed by atoms with E-state index < -0.39 is 0 Å². The van der Waals surface area contributed by atoms with Gasteiger partial charge >= 0.3 is 5.97 Å². The Bertz CT molecular complexity index is 765. The number of esters is 1. The average Bonchev–Trinajstić information content (AvgIpc) is 2.93. The lowest BCUT2D eigenvalue weighted by Crippen LogP contribution is -2.09. The Morgan fingerprint density at radius 2 is 2.12 bits per heavy atom. The summed E-state index contributed by atoms with van der Waals surface area (Å²) in [5, 5.41) is 4.90. The van der Waals surface area contributed by atoms with E-state index in [-0.39, 0.29) is 18.3 Å². The summed E-state index contributed by atoms with van der Waals surface area (Å²) in [7, 11) is 0. The molecule has 0 saturated carbocycles. The Morgan fingerprint density at radius 1 is 1.33 bits per heavy atom. The van der Waals surface area contributed by atoms with Crippen LogP contribution in [0.3, 0.4) is 0 Å². The molecule has 1 aromatic carbocycles. The molecule has 0 saturated heterocycles. The van der Waals surface area contributed by atoms with Crippen molar-refractivity contribution in [3.8, 4) is 0 Å². The third kappa shape index (κ3) is 5.31. The number of thiazole rings is 1. The molecule has 0 fully saturated rings. The number of aromatic nitrogens is 1. The van der Waals surface area contributed by atoms with Crippen LogP contribution < -0.4 is 5.32 Å². The lowest BCUT2D eigenvalue weighted by Gasteiger charge is -2.01. The number of carbonyl (C=O) groups excluding carboxylic acids is 2. The maximum absolute atomic E-state index is 12.0. The molecule has 5 nitrogen and oxygen atoms in total. The van der Waals surface area contributed by atoms with Gasteiger partial charge in [-0.2, -0.15) is 0 Å². The average molecular weight is 344 g/mol. The van der Waals surface area contributed by atoms with Crippen LogP contribution in [0.2, 0.25) is 0 Å². The van der Waals surface area contributed by atoms with Crippen molar-refractivity contribution in [1.82, 2.24) is 4.98 Å². The number of anilines is 1. The standard InChI is InChI=1S/C18H20N2O3S/c1-4-23-17(22)10-15-11-24-18(19-15)20-16(21)8-7-14-6-5-12(2)9-13(14)3/h5-9,11H,4,10H2,1-3H3,(H,19,20,21)/b8-7+. The van der Waals surface area contributed by atoms with Crippen LogP contribution in [0, 0.1) is 13.8 Å². The first-order chi connectivity index (χ1) is 11.5. The molecule has 6 heteroatoms. The first kappa shape index (κ1) is 17.9. The van der Waals surface area contributed by atoms with E-state index in [2.05, 4.69) is 16.4 Å². The van der Waals surface area contributed by atoms with E-state index in [1.54, 1.807) is 18.4 Å². The topological polar surface area (TPSA) is 68.3 Å². The van der Waals surface area contributed by atoms with Crippen molar-refractivity contribution in [2.45, 2.75) is 27.2 Å². The molecular formula is C18H20N2O3S. The smallest absolute Gasteiger partial charge is 0.311 e. The fourth-order valence-corrected chi connectivity index (χ4v) is 2.84. The van der Waals surface area contributed by atoms with Crippen LogP contribution in [0.5, 0.6) is 0 Å². The molecule has 1 heterocycles. The predicted molar refractivity (Wildman–Crippen MR) is 96.0 cm³/mol. The molecule has 0 unspecified atom stereocenters. The minimum atomic E-state index is -0.324. The van der Waals surface area contributed by atoms with Gasteiger partial charge < -0.3 is 4.74 Å². The quantitative estimate of drug-likeness (QED) is 0.643. The highest BCUT2D eigenvalue weighted by molar-refractivity contribution is 7.14. The third-order valence-corrected chi connectivity index (χ3v) is 4.06. The zero-order chi connectivity index (χ0) is 17.5. The van der Waals surface area contributed by atoms with Gasteiger partial charge in [-0.15, -0.1) is 11.3 Å². The van der Waals surface area contributed by atoms with Crippen molar-refractivity contribution in [2.75, 3.05) is 11.9 Å². The van der Waals surface area contributed by atoms with E-state index >= 15 is 0 Å². The second-order valence-electron chi connectivity index (χ2n) is 5.31. The van der Waals surface area contributed by atoms with Gasteiger partial charge in [-0.3, -0.25) is 14.9 Å². The number of carbonyl (C=O) groups is 2. The molecule has 1 aromatic heterocycles. The SMILES string of the molecule is CCOC(=O)Cc1csc(NC(=O)/C=C/c2ccc(C)cc2C)n1. The van der Waals surface area contributed by atoms with Crippen LogP contribution >= 0.6 is 11.3 Å². The van der Waals surface area contributed by atoms with Gasteiger partial charge in [0.1, 0.15) is 0 Å². The number of amides is 1. The van der Waals surface area contributed by atoms with Gasteiger partial charge in [0.05, 0.1) is 18.7 Å². The zero-order valence-electron chi connectivity index (χ0n) is 14.0. The number of ether oxygens (including phenoxy) is 1. The highest BCUT2D eigenvalue weighted by Gasteiger charge is 2.09. The predicted octanol–water partition coefficient (Wildman–Crippen LogP) is 3.52. The number of rotatable bonds is 6. The Hall–Kier alpha value is -2.47. The normalized spacial score (nSPS) is 10.8. The van der Waals surface area contributed by atoms with Gasteiger partial charge in [-0.1, -0.05) is 23.8 Å². The Morgan fingerprint density at radius 3 is 2.83 bits per heavy atom. The van der Waals surface area contributed by atoms with Crippen molar-refractivity contribution in [2.24, 2.45) is 0 Å². The third-order valence-electron chi connectivity index (χ3n) is 3.25. The minimum absolute atomic E-state index is 0.110. The molecule has 0 aliphatic rings. The van der Waals surface area contributed by atoms with E-state index in [4.69, 9.17) is 4.74 Å². The zero-order valence-corrected chi connectivity index (χ0v) is 14.8. The molecule has 2 aromatic rings.